The van der Waals surface area contributed by atoms with Crippen molar-refractivity contribution in [3.63, 3.8) is 0 Å². The molecule has 0 aliphatic carbocycles. The van der Waals surface area contributed by atoms with Crippen LogP contribution in [0.2, 0.25) is 5.02 Å². The Kier molecular flexibility index (Phi) is 5.40. The molecule has 0 N–H and O–H groups in total. The van der Waals surface area contributed by atoms with Crippen molar-refractivity contribution < 1.29 is 12.8 Å². The van der Waals surface area contributed by atoms with Gasteiger partial charge in [0.2, 0.25) is 10.0 Å². The maximum atomic E-state index is 13.2. The number of nitrogens with zero attached hydrogens (tertiary/aromatic N) is 1. The zero-order valence-electron chi connectivity index (χ0n) is 10.0. The van der Waals surface area contributed by atoms with E-state index >= 15 is 0 Å². The number of benzene rings is 1. The van der Waals surface area contributed by atoms with Crippen LogP contribution in [-0.2, 0) is 10.0 Å². The number of hydrogen-bond acceptors (Lipinski definition) is 2. The Morgan fingerprint density at radius 2 is 2.00 bits per heavy atom. The predicted octanol–water partition coefficient (Wildman–Crippen LogP) is 3.12. The number of rotatable bonds is 5. The maximum Gasteiger partial charge on any atom is 0.244 e. The number of sulfonamides is 1. The Balaban J connectivity index is 3.30. The largest absolute Gasteiger partial charge is 0.244 e. The van der Waals surface area contributed by atoms with Crippen molar-refractivity contribution in [2.45, 2.75) is 24.8 Å². The van der Waals surface area contributed by atoms with Gasteiger partial charge in [-0.25, -0.2) is 12.8 Å². The monoisotopic (exact) mass is 313 g/mol. The Bertz CT molecular complexity index is 520. The molecular formula is C11H14Cl2FNO2S. The van der Waals surface area contributed by atoms with Crippen molar-refractivity contribution in [1.82, 2.24) is 4.31 Å². The van der Waals surface area contributed by atoms with E-state index in [1.807, 2.05) is 0 Å². The van der Waals surface area contributed by atoms with Crippen LogP contribution in [0.15, 0.2) is 23.1 Å². The highest BCUT2D eigenvalue weighted by molar-refractivity contribution is 7.89. The van der Waals surface area contributed by atoms with Crippen LogP contribution in [0.25, 0.3) is 0 Å². The maximum absolute atomic E-state index is 13.2. The van der Waals surface area contributed by atoms with Crippen LogP contribution < -0.4 is 0 Å². The zero-order valence-corrected chi connectivity index (χ0v) is 12.4. The van der Waals surface area contributed by atoms with E-state index in [1.54, 1.807) is 13.8 Å². The SMILES string of the molecule is CC(C)N(CCCl)S(=O)(=O)c1cc(F)ccc1Cl. The third-order valence-corrected chi connectivity index (χ3v) is 5.09. The smallest absolute Gasteiger partial charge is 0.207 e. The summed E-state index contributed by atoms with van der Waals surface area (Å²) in [7, 11) is -3.84. The van der Waals surface area contributed by atoms with E-state index in [1.165, 1.54) is 10.4 Å². The molecule has 0 amide bonds. The molecule has 0 atom stereocenters. The molecule has 3 nitrogen and oxygen atoms in total. The van der Waals surface area contributed by atoms with E-state index in [4.69, 9.17) is 23.2 Å². The van der Waals surface area contributed by atoms with Gasteiger partial charge in [-0.2, -0.15) is 4.31 Å². The van der Waals surface area contributed by atoms with E-state index in [2.05, 4.69) is 0 Å². The van der Waals surface area contributed by atoms with Gasteiger partial charge in [-0.3, -0.25) is 0 Å². The molecule has 102 valence electrons. The Hall–Kier alpha value is -0.360. The second-order valence-corrected chi connectivity index (χ2v) is 6.62. The highest BCUT2D eigenvalue weighted by Crippen LogP contribution is 2.26. The average molecular weight is 314 g/mol. The lowest BCUT2D eigenvalue weighted by atomic mass is 10.3. The number of halogens is 3. The first-order chi connectivity index (χ1) is 8.30. The van der Waals surface area contributed by atoms with Crippen LogP contribution >= 0.6 is 23.2 Å². The van der Waals surface area contributed by atoms with Crippen LogP contribution in [0.3, 0.4) is 0 Å². The van der Waals surface area contributed by atoms with Gasteiger partial charge in [-0.15, -0.1) is 11.6 Å². The van der Waals surface area contributed by atoms with Crippen molar-refractivity contribution >= 4 is 33.2 Å². The van der Waals surface area contributed by atoms with E-state index < -0.39 is 15.8 Å². The van der Waals surface area contributed by atoms with E-state index in [9.17, 15) is 12.8 Å². The van der Waals surface area contributed by atoms with Gasteiger partial charge in [-0.05, 0) is 32.0 Å². The Labute approximate surface area is 117 Å². The van der Waals surface area contributed by atoms with Crippen molar-refractivity contribution in [1.29, 1.82) is 0 Å². The Morgan fingerprint density at radius 1 is 1.39 bits per heavy atom. The zero-order chi connectivity index (χ0) is 13.9. The summed E-state index contributed by atoms with van der Waals surface area (Å²) in [5.74, 6) is -0.489. The molecule has 0 aliphatic heterocycles. The first-order valence-electron chi connectivity index (χ1n) is 5.33. The third-order valence-electron chi connectivity index (χ3n) is 2.36. The summed E-state index contributed by atoms with van der Waals surface area (Å²) in [6.07, 6.45) is 0. The molecule has 0 aliphatic rings. The molecule has 1 aromatic carbocycles. The molecule has 0 bridgehead atoms. The first kappa shape index (κ1) is 15.7. The van der Waals surface area contributed by atoms with Gasteiger partial charge in [-0.1, -0.05) is 11.6 Å². The number of alkyl halides is 1. The lowest BCUT2D eigenvalue weighted by molar-refractivity contribution is 0.370. The minimum atomic E-state index is -3.84. The third kappa shape index (κ3) is 3.35. The summed E-state index contributed by atoms with van der Waals surface area (Å²) in [5, 5.41) is -0.00313. The van der Waals surface area contributed by atoms with Crippen LogP contribution in [0, 0.1) is 5.82 Å². The molecule has 0 fully saturated rings. The minimum absolute atomic E-state index is 0.00313. The molecule has 0 radical (unpaired) electrons. The van der Waals surface area contributed by atoms with Gasteiger partial charge in [0.25, 0.3) is 0 Å². The standard InChI is InChI=1S/C11H14Cl2FNO2S/c1-8(2)15(6-5-12)18(16,17)11-7-9(14)3-4-10(11)13/h3-4,7-8H,5-6H2,1-2H3. The van der Waals surface area contributed by atoms with Crippen LogP contribution in [0.5, 0.6) is 0 Å². The predicted molar refractivity (Wildman–Crippen MR) is 71.2 cm³/mol. The molecular weight excluding hydrogens is 300 g/mol. The average Bonchev–Trinajstić information content (AvgIpc) is 2.28. The molecule has 1 aromatic rings. The van der Waals surface area contributed by atoms with Gasteiger partial charge >= 0.3 is 0 Å². The van der Waals surface area contributed by atoms with E-state index in [0.717, 1.165) is 12.1 Å². The fourth-order valence-electron chi connectivity index (χ4n) is 1.54. The Morgan fingerprint density at radius 3 is 2.50 bits per heavy atom. The van der Waals surface area contributed by atoms with E-state index in [-0.39, 0.29) is 28.4 Å². The normalized spacial score (nSPS) is 12.4. The quantitative estimate of drug-likeness (QED) is 0.783. The summed E-state index contributed by atoms with van der Waals surface area (Å²) >= 11 is 11.4. The summed E-state index contributed by atoms with van der Waals surface area (Å²) in [5.41, 5.74) is 0. The number of hydrogen-bond donors (Lipinski definition) is 0. The van der Waals surface area contributed by atoms with Crippen molar-refractivity contribution in [2.75, 3.05) is 12.4 Å². The van der Waals surface area contributed by atoms with Crippen molar-refractivity contribution in [3.05, 3.63) is 29.0 Å². The highest BCUT2D eigenvalue weighted by Gasteiger charge is 2.28. The fraction of sp³-hybridized carbons (Fsp3) is 0.455. The van der Waals surface area contributed by atoms with Crippen molar-refractivity contribution in [2.24, 2.45) is 0 Å². The van der Waals surface area contributed by atoms with E-state index in [0.29, 0.717) is 0 Å². The molecule has 0 heterocycles. The molecule has 0 saturated heterocycles. The van der Waals surface area contributed by atoms with Gasteiger partial charge in [0, 0.05) is 18.5 Å². The lowest BCUT2D eigenvalue weighted by Crippen LogP contribution is -2.38. The molecule has 0 unspecified atom stereocenters. The second kappa shape index (κ2) is 6.19. The summed E-state index contributed by atoms with van der Waals surface area (Å²) < 4.78 is 39.1. The minimum Gasteiger partial charge on any atom is -0.207 e. The van der Waals surface area contributed by atoms with Crippen LogP contribution in [-0.4, -0.2) is 31.2 Å². The summed E-state index contributed by atoms with van der Waals surface area (Å²) in [4.78, 5) is -0.233. The molecule has 0 spiro atoms. The second-order valence-electron chi connectivity index (χ2n) is 3.97. The van der Waals surface area contributed by atoms with Crippen molar-refractivity contribution in [3.8, 4) is 0 Å². The lowest BCUT2D eigenvalue weighted by Gasteiger charge is -2.25. The summed E-state index contributed by atoms with van der Waals surface area (Å²) in [6.45, 7) is 3.59. The van der Waals surface area contributed by atoms with Crippen LogP contribution in [0.4, 0.5) is 4.39 Å². The molecule has 0 saturated carbocycles. The molecule has 0 aromatic heterocycles. The molecule has 7 heteroatoms. The van der Waals surface area contributed by atoms with Gasteiger partial charge in [0.15, 0.2) is 0 Å². The topological polar surface area (TPSA) is 37.4 Å². The van der Waals surface area contributed by atoms with Gasteiger partial charge in [0.1, 0.15) is 10.7 Å². The first-order valence-corrected chi connectivity index (χ1v) is 7.68. The molecule has 1 rings (SSSR count). The highest BCUT2D eigenvalue weighted by atomic mass is 35.5. The van der Waals surface area contributed by atoms with Crippen LogP contribution in [0.1, 0.15) is 13.8 Å². The fourth-order valence-corrected chi connectivity index (χ4v) is 3.95. The van der Waals surface area contributed by atoms with Gasteiger partial charge in [0.05, 0.1) is 5.02 Å². The molecule has 18 heavy (non-hydrogen) atoms. The summed E-state index contributed by atoms with van der Waals surface area (Å²) in [6, 6.07) is 2.97. The van der Waals surface area contributed by atoms with Gasteiger partial charge < -0.3 is 0 Å².